The molecule has 2 aliphatic heterocycles. The highest BCUT2D eigenvalue weighted by Crippen LogP contribution is 2.44. The van der Waals surface area contributed by atoms with E-state index in [1.165, 1.54) is 20.1 Å². The van der Waals surface area contributed by atoms with Gasteiger partial charge in [0.1, 0.15) is 53.7 Å². The van der Waals surface area contributed by atoms with Crippen LogP contribution in [0.4, 0.5) is 0 Å². The Balaban J connectivity index is 1.51. The summed E-state index contributed by atoms with van der Waals surface area (Å²) in [6, 6.07) is 4.42. The van der Waals surface area contributed by atoms with E-state index in [2.05, 4.69) is 0 Å². The van der Waals surface area contributed by atoms with Crippen molar-refractivity contribution in [3.8, 4) is 45.8 Å². The van der Waals surface area contributed by atoms with E-state index in [0.29, 0.717) is 0 Å². The molecule has 2 fully saturated rings. The molecule has 3 heterocycles. The standard InChI is InChI=1S/C28H32O17/c1-8-16(31)21(36)23(38)27(42-8)41-7-14-18(33)22(37)24(39)28(44-14)45-26-20(35)15-12(6-13(40-2)17(32)19(15)34)43-25(26)9-3-4-10(29)11(30)5-9/h3-6,8,14,16,18,21-24,27-34,36-39H,7H2,1-2H3/t8-,14+,16-,18+,21+,22-,23+,24+,27+,28-/m0/s1. The molecule has 10 N–H and O–H groups in total. The van der Waals surface area contributed by atoms with Crippen LogP contribution >= 0.6 is 0 Å². The molecule has 5 rings (SSSR count). The summed E-state index contributed by atoms with van der Waals surface area (Å²) in [5, 5.41) is 102. The lowest BCUT2D eigenvalue weighted by Gasteiger charge is -2.42. The first-order chi connectivity index (χ1) is 21.2. The van der Waals surface area contributed by atoms with Crippen molar-refractivity contribution in [2.24, 2.45) is 0 Å². The van der Waals surface area contributed by atoms with Gasteiger partial charge in [-0.15, -0.1) is 0 Å². The van der Waals surface area contributed by atoms with Crippen molar-refractivity contribution < 1.29 is 79.2 Å². The molecular formula is C28H32O17. The summed E-state index contributed by atoms with van der Waals surface area (Å²) < 4.78 is 32.9. The number of methoxy groups -OCH3 is 1. The summed E-state index contributed by atoms with van der Waals surface area (Å²) in [4.78, 5) is 13.7. The summed E-state index contributed by atoms with van der Waals surface area (Å²) in [5.74, 6) is -4.30. The molecule has 45 heavy (non-hydrogen) atoms. The minimum Gasteiger partial charge on any atom is -0.504 e. The average molecular weight is 641 g/mol. The van der Waals surface area contributed by atoms with Crippen molar-refractivity contribution in [1.82, 2.24) is 0 Å². The average Bonchev–Trinajstić information content (AvgIpc) is 3.01. The molecule has 1 aromatic heterocycles. The van der Waals surface area contributed by atoms with E-state index in [4.69, 9.17) is 28.1 Å². The lowest BCUT2D eigenvalue weighted by Crippen LogP contribution is -2.61. The van der Waals surface area contributed by atoms with E-state index in [9.17, 15) is 55.9 Å². The molecule has 0 aliphatic carbocycles. The second kappa shape index (κ2) is 12.5. The summed E-state index contributed by atoms with van der Waals surface area (Å²) in [7, 11) is 1.18. The van der Waals surface area contributed by atoms with Gasteiger partial charge in [0.25, 0.3) is 0 Å². The second-order valence-electron chi connectivity index (χ2n) is 10.6. The molecule has 17 heteroatoms. The number of phenolic OH excluding ortho intramolecular Hbond substituents is 4. The predicted molar refractivity (Wildman–Crippen MR) is 147 cm³/mol. The van der Waals surface area contributed by atoms with E-state index in [-0.39, 0.29) is 16.9 Å². The summed E-state index contributed by atoms with van der Waals surface area (Å²) in [6.45, 7) is 0.793. The molecule has 2 aliphatic rings. The van der Waals surface area contributed by atoms with Gasteiger partial charge in [-0.3, -0.25) is 4.79 Å². The smallest absolute Gasteiger partial charge is 0.239 e. The Bertz CT molecular complexity index is 1610. The lowest BCUT2D eigenvalue weighted by molar-refractivity contribution is -0.318. The topological polar surface area (TPSA) is 279 Å². The monoisotopic (exact) mass is 640 g/mol. The maximum absolute atomic E-state index is 13.7. The normalized spacial score (nSPS) is 32.0. The van der Waals surface area contributed by atoms with Crippen molar-refractivity contribution >= 4 is 11.0 Å². The van der Waals surface area contributed by atoms with Crippen LogP contribution in [0, 0.1) is 0 Å². The maximum Gasteiger partial charge on any atom is 0.239 e. The number of hydrogen-bond donors (Lipinski definition) is 10. The van der Waals surface area contributed by atoms with Crippen molar-refractivity contribution in [2.75, 3.05) is 13.7 Å². The highest BCUT2D eigenvalue weighted by atomic mass is 16.7. The lowest BCUT2D eigenvalue weighted by atomic mass is 9.98. The molecule has 17 nitrogen and oxygen atoms in total. The quantitative estimate of drug-likeness (QED) is 0.129. The van der Waals surface area contributed by atoms with Crippen molar-refractivity contribution in [1.29, 1.82) is 0 Å². The van der Waals surface area contributed by atoms with Crippen LogP contribution in [0.3, 0.4) is 0 Å². The van der Waals surface area contributed by atoms with Crippen LogP contribution in [-0.4, -0.2) is 126 Å². The van der Waals surface area contributed by atoms with E-state index in [1.54, 1.807) is 0 Å². The van der Waals surface area contributed by atoms with Gasteiger partial charge < -0.3 is 79.2 Å². The molecule has 246 valence electrons. The second-order valence-corrected chi connectivity index (χ2v) is 10.6. The molecule has 0 bridgehead atoms. The molecule has 0 saturated carbocycles. The third-order valence-electron chi connectivity index (χ3n) is 7.65. The first-order valence-electron chi connectivity index (χ1n) is 13.5. The first kappa shape index (κ1) is 32.5. The number of aliphatic hydroxyl groups excluding tert-OH is 6. The van der Waals surface area contributed by atoms with Crippen LogP contribution in [0.5, 0.6) is 34.5 Å². The van der Waals surface area contributed by atoms with Gasteiger partial charge in [0.05, 0.1) is 19.8 Å². The van der Waals surface area contributed by atoms with Crippen LogP contribution in [0.15, 0.2) is 33.5 Å². The van der Waals surface area contributed by atoms with Gasteiger partial charge in [-0.1, -0.05) is 0 Å². The molecule has 0 spiro atoms. The van der Waals surface area contributed by atoms with Crippen molar-refractivity contribution in [2.45, 2.75) is 68.3 Å². The number of aromatic hydroxyl groups is 4. The fraction of sp³-hybridized carbons (Fsp3) is 0.464. The van der Waals surface area contributed by atoms with Gasteiger partial charge in [-0.2, -0.15) is 0 Å². The Kier molecular flexibility index (Phi) is 9.00. The first-order valence-corrected chi connectivity index (χ1v) is 13.5. The largest absolute Gasteiger partial charge is 0.504 e. The summed E-state index contributed by atoms with van der Waals surface area (Å²) >= 11 is 0. The number of rotatable bonds is 7. The Morgan fingerprint density at radius 1 is 0.778 bits per heavy atom. The van der Waals surface area contributed by atoms with Gasteiger partial charge in [0, 0.05) is 11.6 Å². The number of phenols is 4. The van der Waals surface area contributed by atoms with Gasteiger partial charge in [-0.05, 0) is 25.1 Å². The zero-order valence-electron chi connectivity index (χ0n) is 23.6. The highest BCUT2D eigenvalue weighted by Gasteiger charge is 2.48. The molecular weight excluding hydrogens is 608 g/mol. The molecule has 3 aromatic rings. The van der Waals surface area contributed by atoms with Crippen LogP contribution in [-0.2, 0) is 14.2 Å². The number of fused-ring (bicyclic) bond motifs is 1. The minimum atomic E-state index is -2.00. The molecule has 2 aromatic carbocycles. The van der Waals surface area contributed by atoms with Gasteiger partial charge in [0.2, 0.25) is 23.2 Å². The summed E-state index contributed by atoms with van der Waals surface area (Å²) in [6.07, 6.45) is -16.4. The molecule has 0 radical (unpaired) electrons. The van der Waals surface area contributed by atoms with E-state index in [1.807, 2.05) is 0 Å². The fourth-order valence-corrected chi connectivity index (χ4v) is 5.01. The van der Waals surface area contributed by atoms with Crippen LogP contribution in [0.1, 0.15) is 6.92 Å². The van der Waals surface area contributed by atoms with E-state index < -0.39 is 113 Å². The zero-order chi connectivity index (χ0) is 32.9. The Morgan fingerprint density at radius 2 is 1.44 bits per heavy atom. The SMILES string of the molecule is COc1cc2oc(-c3ccc(O)c(O)c3)c(O[C@@H]3O[C@H](CO[C@@H]4O[C@@H](C)[C@H](O)[C@@H](O)[C@H]4O)[C@@H](O)[C@H](O)[C@H]3O)c(=O)c2c(O)c1O. The molecule has 10 atom stereocenters. The summed E-state index contributed by atoms with van der Waals surface area (Å²) in [5.41, 5.74) is -1.46. The predicted octanol–water partition coefficient (Wildman–Crippen LogP) is -1.68. The van der Waals surface area contributed by atoms with E-state index >= 15 is 0 Å². The van der Waals surface area contributed by atoms with Crippen molar-refractivity contribution in [3.63, 3.8) is 0 Å². The van der Waals surface area contributed by atoms with Crippen LogP contribution in [0.25, 0.3) is 22.3 Å². The Morgan fingerprint density at radius 3 is 2.11 bits per heavy atom. The number of aliphatic hydroxyl groups is 6. The van der Waals surface area contributed by atoms with Gasteiger partial charge in [-0.25, -0.2) is 0 Å². The Hall–Kier alpha value is -3.91. The minimum absolute atomic E-state index is 0.0464. The molecule has 0 amide bonds. The van der Waals surface area contributed by atoms with Crippen LogP contribution in [0.2, 0.25) is 0 Å². The van der Waals surface area contributed by atoms with Gasteiger partial charge in [0.15, 0.2) is 35.0 Å². The molecule has 0 unspecified atom stereocenters. The third-order valence-corrected chi connectivity index (χ3v) is 7.65. The number of hydrogen-bond acceptors (Lipinski definition) is 17. The van der Waals surface area contributed by atoms with Crippen LogP contribution < -0.4 is 14.9 Å². The maximum atomic E-state index is 13.7. The van der Waals surface area contributed by atoms with E-state index in [0.717, 1.165) is 18.2 Å². The highest BCUT2D eigenvalue weighted by molar-refractivity contribution is 5.91. The van der Waals surface area contributed by atoms with Gasteiger partial charge >= 0.3 is 0 Å². The number of benzene rings is 2. The third kappa shape index (κ3) is 5.81. The fourth-order valence-electron chi connectivity index (χ4n) is 5.01. The Labute approximate surface area is 252 Å². The number of ether oxygens (including phenoxy) is 5. The molecule has 2 saturated heterocycles. The van der Waals surface area contributed by atoms with Crippen molar-refractivity contribution in [3.05, 3.63) is 34.5 Å². The zero-order valence-corrected chi connectivity index (χ0v) is 23.6.